The van der Waals surface area contributed by atoms with E-state index in [4.69, 9.17) is 0 Å². The Labute approximate surface area is 78.9 Å². The van der Waals surface area contributed by atoms with E-state index in [1.165, 1.54) is 0 Å². The number of nitrogens with zero attached hydrogens (tertiary/aromatic N) is 1. The number of aliphatic hydroxyl groups excluding tert-OH is 1. The molecule has 0 heterocycles. The highest BCUT2D eigenvalue weighted by atomic mass is 16.3. The smallest absolute Gasteiger partial charge is 0.233 e. The minimum absolute atomic E-state index is 0.00148. The lowest BCUT2D eigenvalue weighted by atomic mass is 10.2. The van der Waals surface area contributed by atoms with E-state index in [9.17, 15) is 9.90 Å². The molecule has 2 atom stereocenters. The van der Waals surface area contributed by atoms with Gasteiger partial charge in [-0.1, -0.05) is 0 Å². The van der Waals surface area contributed by atoms with E-state index < -0.39 is 0 Å². The summed E-state index contributed by atoms with van der Waals surface area (Å²) in [7, 11) is 3.51. The highest BCUT2D eigenvalue weighted by Gasteiger charge is 2.29. The highest BCUT2D eigenvalue weighted by Crippen LogP contribution is 2.22. The minimum atomic E-state index is -0.255. The molecule has 0 radical (unpaired) electrons. The molecule has 2 N–H and O–H groups in total. The number of hydrogen-bond acceptors (Lipinski definition) is 3. The Kier molecular flexibility index (Phi) is 3.69. The van der Waals surface area contributed by atoms with Gasteiger partial charge in [-0.2, -0.15) is 0 Å². The Morgan fingerprint density at radius 1 is 1.62 bits per heavy atom. The van der Waals surface area contributed by atoms with Gasteiger partial charge in [0, 0.05) is 13.1 Å². The van der Waals surface area contributed by atoms with E-state index in [-0.39, 0.29) is 18.1 Å². The van der Waals surface area contributed by atoms with Crippen molar-refractivity contribution in [2.75, 3.05) is 20.6 Å². The normalized spacial score (nSPS) is 28.0. The van der Waals surface area contributed by atoms with Gasteiger partial charge >= 0.3 is 0 Å². The average molecular weight is 186 g/mol. The molecule has 2 unspecified atom stereocenters. The summed E-state index contributed by atoms with van der Waals surface area (Å²) in [4.78, 5) is 13.0. The summed E-state index contributed by atoms with van der Waals surface area (Å²) < 4.78 is 0. The van der Waals surface area contributed by atoms with Gasteiger partial charge in [0.25, 0.3) is 0 Å². The Balaban J connectivity index is 2.38. The summed E-state index contributed by atoms with van der Waals surface area (Å²) in [6, 6.07) is 0.164. The molecule has 0 spiro atoms. The number of carbonyl (C=O) groups excluding carboxylic acids is 1. The van der Waals surface area contributed by atoms with Crippen molar-refractivity contribution < 1.29 is 9.90 Å². The van der Waals surface area contributed by atoms with Crippen LogP contribution < -0.4 is 5.32 Å². The SMILES string of the molecule is CNC(=O)CN(C)C1CCCC1O. The Hall–Kier alpha value is -0.610. The molecule has 4 heteroatoms. The van der Waals surface area contributed by atoms with E-state index in [0.29, 0.717) is 6.54 Å². The summed E-state index contributed by atoms with van der Waals surface area (Å²) in [5.41, 5.74) is 0. The summed E-state index contributed by atoms with van der Waals surface area (Å²) in [5.74, 6) is 0.00148. The van der Waals surface area contributed by atoms with Crippen LogP contribution >= 0.6 is 0 Å². The molecule has 0 bridgehead atoms. The van der Waals surface area contributed by atoms with E-state index in [2.05, 4.69) is 5.32 Å². The third-order valence-corrected chi connectivity index (χ3v) is 2.68. The molecule has 4 nitrogen and oxygen atoms in total. The number of likely N-dealkylation sites (N-methyl/N-ethyl adjacent to an activating group) is 2. The molecule has 0 aromatic heterocycles. The van der Waals surface area contributed by atoms with Crippen LogP contribution in [0.2, 0.25) is 0 Å². The lowest BCUT2D eigenvalue weighted by Crippen LogP contribution is -2.43. The van der Waals surface area contributed by atoms with E-state index in [1.807, 2.05) is 11.9 Å². The second-order valence-corrected chi connectivity index (χ2v) is 3.65. The number of rotatable bonds is 3. The zero-order valence-electron chi connectivity index (χ0n) is 8.29. The maximum Gasteiger partial charge on any atom is 0.233 e. The van der Waals surface area contributed by atoms with Gasteiger partial charge in [0.15, 0.2) is 0 Å². The highest BCUT2D eigenvalue weighted by molar-refractivity contribution is 5.77. The van der Waals surface area contributed by atoms with Gasteiger partial charge in [0.05, 0.1) is 12.6 Å². The summed E-state index contributed by atoms with van der Waals surface area (Å²) in [6.45, 7) is 0.373. The fourth-order valence-electron chi connectivity index (χ4n) is 1.86. The van der Waals surface area contributed by atoms with Gasteiger partial charge in [-0.05, 0) is 26.3 Å². The van der Waals surface area contributed by atoms with Gasteiger partial charge in [0.1, 0.15) is 0 Å². The van der Waals surface area contributed by atoms with Crippen LogP contribution in [0.25, 0.3) is 0 Å². The van der Waals surface area contributed by atoms with Crippen LogP contribution in [0.1, 0.15) is 19.3 Å². The lowest BCUT2D eigenvalue weighted by molar-refractivity contribution is -0.122. The first-order chi connectivity index (χ1) is 6.15. The first-order valence-corrected chi connectivity index (χ1v) is 4.74. The predicted octanol–water partition coefficient (Wildman–Crippen LogP) is -0.422. The first kappa shape index (κ1) is 10.5. The Bertz CT molecular complexity index is 184. The molecule has 1 rings (SSSR count). The third kappa shape index (κ3) is 2.67. The van der Waals surface area contributed by atoms with Crippen LogP contribution in [0.4, 0.5) is 0 Å². The second-order valence-electron chi connectivity index (χ2n) is 3.65. The summed E-state index contributed by atoms with van der Waals surface area (Å²) >= 11 is 0. The Morgan fingerprint density at radius 3 is 2.77 bits per heavy atom. The molecule has 0 aromatic rings. The summed E-state index contributed by atoms with van der Waals surface area (Å²) in [6.07, 6.45) is 2.66. The Morgan fingerprint density at radius 2 is 2.31 bits per heavy atom. The number of amides is 1. The molecular formula is C9H18N2O2. The fraction of sp³-hybridized carbons (Fsp3) is 0.889. The maximum atomic E-state index is 11.1. The number of nitrogens with one attached hydrogen (secondary N) is 1. The molecule has 1 aliphatic rings. The van der Waals surface area contributed by atoms with Crippen molar-refractivity contribution in [2.45, 2.75) is 31.4 Å². The minimum Gasteiger partial charge on any atom is -0.391 e. The third-order valence-electron chi connectivity index (χ3n) is 2.68. The van der Waals surface area contributed by atoms with Crippen molar-refractivity contribution in [3.63, 3.8) is 0 Å². The summed E-state index contributed by atoms with van der Waals surface area (Å²) in [5, 5.41) is 12.1. The molecular weight excluding hydrogens is 168 g/mol. The fourth-order valence-corrected chi connectivity index (χ4v) is 1.86. The molecule has 0 saturated heterocycles. The van der Waals surface area contributed by atoms with Gasteiger partial charge in [-0.3, -0.25) is 9.69 Å². The zero-order valence-corrected chi connectivity index (χ0v) is 8.29. The lowest BCUT2D eigenvalue weighted by Gasteiger charge is -2.25. The van der Waals surface area contributed by atoms with Crippen molar-refractivity contribution in [1.82, 2.24) is 10.2 Å². The maximum absolute atomic E-state index is 11.1. The largest absolute Gasteiger partial charge is 0.391 e. The van der Waals surface area contributed by atoms with Gasteiger partial charge in [-0.25, -0.2) is 0 Å². The van der Waals surface area contributed by atoms with Crippen molar-refractivity contribution >= 4 is 5.91 Å². The van der Waals surface area contributed by atoms with Crippen LogP contribution in [0, 0.1) is 0 Å². The zero-order chi connectivity index (χ0) is 9.84. The molecule has 0 aliphatic heterocycles. The molecule has 0 aromatic carbocycles. The molecule has 76 valence electrons. The van der Waals surface area contributed by atoms with Crippen LogP contribution in [0.5, 0.6) is 0 Å². The van der Waals surface area contributed by atoms with Gasteiger partial charge < -0.3 is 10.4 Å². The van der Waals surface area contributed by atoms with Crippen molar-refractivity contribution in [1.29, 1.82) is 0 Å². The van der Waals surface area contributed by atoms with Crippen LogP contribution in [0.15, 0.2) is 0 Å². The van der Waals surface area contributed by atoms with Gasteiger partial charge in [0.2, 0.25) is 5.91 Å². The van der Waals surface area contributed by atoms with Crippen LogP contribution in [0.3, 0.4) is 0 Å². The molecule has 13 heavy (non-hydrogen) atoms. The molecule has 1 aliphatic carbocycles. The van der Waals surface area contributed by atoms with Crippen molar-refractivity contribution in [2.24, 2.45) is 0 Å². The van der Waals surface area contributed by atoms with Crippen LogP contribution in [-0.4, -0.2) is 48.7 Å². The van der Waals surface area contributed by atoms with Crippen LogP contribution in [-0.2, 0) is 4.79 Å². The average Bonchev–Trinajstić information content (AvgIpc) is 2.51. The number of carbonyl (C=O) groups is 1. The predicted molar refractivity (Wildman–Crippen MR) is 50.3 cm³/mol. The number of hydrogen-bond donors (Lipinski definition) is 2. The molecule has 1 amide bonds. The second kappa shape index (κ2) is 4.58. The molecule has 1 saturated carbocycles. The molecule has 1 fully saturated rings. The van der Waals surface area contributed by atoms with Crippen molar-refractivity contribution in [3.05, 3.63) is 0 Å². The monoisotopic (exact) mass is 186 g/mol. The quantitative estimate of drug-likeness (QED) is 0.629. The topological polar surface area (TPSA) is 52.6 Å². The standard InChI is InChI=1S/C9H18N2O2/c1-10-9(13)6-11(2)7-4-3-5-8(7)12/h7-8,12H,3-6H2,1-2H3,(H,10,13). The van der Waals surface area contributed by atoms with Crippen molar-refractivity contribution in [3.8, 4) is 0 Å². The van der Waals surface area contributed by atoms with E-state index >= 15 is 0 Å². The van der Waals surface area contributed by atoms with Gasteiger partial charge in [-0.15, -0.1) is 0 Å². The van der Waals surface area contributed by atoms with E-state index in [1.54, 1.807) is 7.05 Å². The first-order valence-electron chi connectivity index (χ1n) is 4.74. The van der Waals surface area contributed by atoms with E-state index in [0.717, 1.165) is 19.3 Å². The number of aliphatic hydroxyl groups is 1.